The maximum atomic E-state index is 10.8. The van der Waals surface area contributed by atoms with Gasteiger partial charge < -0.3 is 0 Å². The zero-order chi connectivity index (χ0) is 14.0. The van der Waals surface area contributed by atoms with E-state index in [1.54, 1.807) is 0 Å². The third-order valence-electron chi connectivity index (χ3n) is 5.36. The van der Waals surface area contributed by atoms with Crippen molar-refractivity contribution in [3.8, 4) is 0 Å². The van der Waals surface area contributed by atoms with Gasteiger partial charge in [0.25, 0.3) is 0 Å². The van der Waals surface area contributed by atoms with Crippen LogP contribution in [0, 0.1) is 5.92 Å². The van der Waals surface area contributed by atoms with Gasteiger partial charge in [0.1, 0.15) is 0 Å². The predicted molar refractivity (Wildman–Crippen MR) is 80.5 cm³/mol. The van der Waals surface area contributed by atoms with Gasteiger partial charge in [-0.25, -0.2) is 4.79 Å². The van der Waals surface area contributed by atoms with E-state index in [1.165, 1.54) is 43.2 Å². The van der Waals surface area contributed by atoms with Gasteiger partial charge >= 0.3 is 0 Å². The van der Waals surface area contributed by atoms with Crippen molar-refractivity contribution in [1.29, 1.82) is 0 Å². The van der Waals surface area contributed by atoms with Crippen LogP contribution >= 0.6 is 0 Å². The predicted octanol–water partition coefficient (Wildman–Crippen LogP) is 4.70. The summed E-state index contributed by atoms with van der Waals surface area (Å²) in [5, 5.41) is 0. The fourth-order valence-corrected chi connectivity index (χ4v) is 3.89. The number of aliphatic imine (C=N–C) groups is 1. The molecule has 0 saturated heterocycles. The molecule has 2 aliphatic carbocycles. The Morgan fingerprint density at radius 3 is 2.45 bits per heavy atom. The minimum absolute atomic E-state index is 0.249. The molecule has 20 heavy (non-hydrogen) atoms. The first-order chi connectivity index (χ1) is 9.75. The molecule has 2 nitrogen and oxygen atoms in total. The molecule has 106 valence electrons. The van der Waals surface area contributed by atoms with Crippen molar-refractivity contribution in [3.05, 3.63) is 35.4 Å². The summed E-state index contributed by atoms with van der Waals surface area (Å²) in [6.07, 6.45) is 10.2. The quantitative estimate of drug-likeness (QED) is 0.578. The number of isocyanates is 1. The van der Waals surface area contributed by atoms with E-state index >= 15 is 0 Å². The van der Waals surface area contributed by atoms with Crippen LogP contribution in [0.25, 0.3) is 0 Å². The van der Waals surface area contributed by atoms with Crippen molar-refractivity contribution in [1.82, 2.24) is 0 Å². The van der Waals surface area contributed by atoms with Crippen molar-refractivity contribution in [3.63, 3.8) is 0 Å². The number of nitrogens with zero attached hydrogens (tertiary/aromatic N) is 1. The van der Waals surface area contributed by atoms with Gasteiger partial charge in [0.2, 0.25) is 6.08 Å². The molecule has 0 bridgehead atoms. The van der Waals surface area contributed by atoms with Crippen LogP contribution in [0.2, 0.25) is 0 Å². The fraction of sp³-hybridized carbons (Fsp3) is 0.611. The Labute approximate surface area is 121 Å². The SMILES string of the molecule is CC1CCC(c2ccccc2C2(N=C=O)CCC2)CC1. The molecular formula is C18H23NO. The second-order valence-corrected chi connectivity index (χ2v) is 6.63. The minimum atomic E-state index is -0.249. The minimum Gasteiger partial charge on any atom is -0.211 e. The molecular weight excluding hydrogens is 246 g/mol. The molecule has 0 aliphatic heterocycles. The summed E-state index contributed by atoms with van der Waals surface area (Å²) in [6.45, 7) is 2.35. The first kappa shape index (κ1) is 13.6. The lowest BCUT2D eigenvalue weighted by Crippen LogP contribution is -2.33. The summed E-state index contributed by atoms with van der Waals surface area (Å²) in [6, 6.07) is 8.67. The van der Waals surface area contributed by atoms with E-state index in [4.69, 9.17) is 0 Å². The zero-order valence-electron chi connectivity index (χ0n) is 12.3. The Hall–Kier alpha value is -1.40. The van der Waals surface area contributed by atoms with E-state index in [0.29, 0.717) is 5.92 Å². The largest absolute Gasteiger partial charge is 0.235 e. The van der Waals surface area contributed by atoms with Gasteiger partial charge in [-0.3, -0.25) is 0 Å². The normalized spacial score (nSPS) is 28.2. The van der Waals surface area contributed by atoms with E-state index in [-0.39, 0.29) is 5.54 Å². The van der Waals surface area contributed by atoms with Gasteiger partial charge in [0, 0.05) is 0 Å². The smallest absolute Gasteiger partial charge is 0.211 e. The van der Waals surface area contributed by atoms with Crippen LogP contribution in [-0.4, -0.2) is 6.08 Å². The molecule has 0 atom stereocenters. The van der Waals surface area contributed by atoms with Gasteiger partial charge in [-0.2, -0.15) is 4.99 Å². The number of rotatable bonds is 3. The van der Waals surface area contributed by atoms with Crippen LogP contribution in [0.4, 0.5) is 0 Å². The zero-order valence-corrected chi connectivity index (χ0v) is 12.3. The van der Waals surface area contributed by atoms with Gasteiger partial charge in [-0.1, -0.05) is 44.0 Å². The summed E-state index contributed by atoms with van der Waals surface area (Å²) >= 11 is 0. The maximum absolute atomic E-state index is 10.8. The molecule has 2 aliphatic rings. The monoisotopic (exact) mass is 269 g/mol. The molecule has 0 unspecified atom stereocenters. The van der Waals surface area contributed by atoms with E-state index in [1.807, 2.05) is 6.08 Å². The van der Waals surface area contributed by atoms with Crippen LogP contribution in [0.5, 0.6) is 0 Å². The Balaban J connectivity index is 1.94. The molecule has 2 saturated carbocycles. The molecule has 0 amide bonds. The number of hydrogen-bond donors (Lipinski definition) is 0. The number of hydrogen-bond acceptors (Lipinski definition) is 2. The third-order valence-corrected chi connectivity index (χ3v) is 5.36. The first-order valence-corrected chi connectivity index (χ1v) is 7.93. The average Bonchev–Trinajstić information content (AvgIpc) is 2.44. The molecule has 0 aromatic heterocycles. The van der Waals surface area contributed by atoms with Gasteiger partial charge in [0.05, 0.1) is 5.54 Å². The molecule has 2 heteroatoms. The van der Waals surface area contributed by atoms with Gasteiger partial charge in [-0.05, 0) is 55.1 Å². The highest BCUT2D eigenvalue weighted by atomic mass is 16.1. The third kappa shape index (κ3) is 2.33. The highest BCUT2D eigenvalue weighted by molar-refractivity contribution is 5.43. The van der Waals surface area contributed by atoms with E-state index in [2.05, 4.69) is 36.2 Å². The Bertz CT molecular complexity index is 518. The van der Waals surface area contributed by atoms with Crippen molar-refractivity contribution in [2.24, 2.45) is 10.9 Å². The molecule has 0 N–H and O–H groups in total. The highest BCUT2D eigenvalue weighted by Crippen LogP contribution is 2.49. The topological polar surface area (TPSA) is 29.4 Å². The Kier molecular flexibility index (Phi) is 3.76. The van der Waals surface area contributed by atoms with E-state index < -0.39 is 0 Å². The van der Waals surface area contributed by atoms with Crippen LogP contribution in [0.15, 0.2) is 29.3 Å². The molecule has 2 fully saturated rings. The molecule has 1 aromatic carbocycles. The van der Waals surface area contributed by atoms with Crippen molar-refractivity contribution in [2.75, 3.05) is 0 Å². The van der Waals surface area contributed by atoms with Crippen LogP contribution in [-0.2, 0) is 10.3 Å². The van der Waals surface area contributed by atoms with E-state index in [9.17, 15) is 4.79 Å². The average molecular weight is 269 g/mol. The number of carbonyl (C=O) groups excluding carboxylic acids is 1. The summed E-state index contributed by atoms with van der Waals surface area (Å²) < 4.78 is 0. The Morgan fingerprint density at radius 1 is 1.15 bits per heavy atom. The van der Waals surface area contributed by atoms with Gasteiger partial charge in [0.15, 0.2) is 0 Å². The molecule has 3 rings (SSSR count). The summed E-state index contributed by atoms with van der Waals surface area (Å²) in [7, 11) is 0. The van der Waals surface area contributed by atoms with E-state index in [0.717, 1.165) is 18.8 Å². The highest BCUT2D eigenvalue weighted by Gasteiger charge is 2.41. The summed E-state index contributed by atoms with van der Waals surface area (Å²) in [5.74, 6) is 1.52. The first-order valence-electron chi connectivity index (χ1n) is 7.93. The fourth-order valence-electron chi connectivity index (χ4n) is 3.89. The summed E-state index contributed by atoms with van der Waals surface area (Å²) in [4.78, 5) is 15.0. The molecule has 0 radical (unpaired) electrons. The Morgan fingerprint density at radius 2 is 1.85 bits per heavy atom. The molecule has 0 spiro atoms. The number of benzene rings is 1. The van der Waals surface area contributed by atoms with Gasteiger partial charge in [-0.15, -0.1) is 0 Å². The van der Waals surface area contributed by atoms with Crippen LogP contribution in [0.1, 0.15) is 68.9 Å². The standard InChI is InChI=1S/C18H23NO/c1-14-7-9-15(10-8-14)16-5-2-3-6-17(16)18(19-13-20)11-4-12-18/h2-3,5-6,14-15H,4,7-12H2,1H3. The lowest BCUT2D eigenvalue weighted by Gasteiger charge is -2.40. The molecule has 0 heterocycles. The van der Waals surface area contributed by atoms with Crippen LogP contribution < -0.4 is 0 Å². The second-order valence-electron chi connectivity index (χ2n) is 6.63. The van der Waals surface area contributed by atoms with Crippen LogP contribution in [0.3, 0.4) is 0 Å². The van der Waals surface area contributed by atoms with Crippen molar-refractivity contribution >= 4 is 6.08 Å². The summed E-state index contributed by atoms with van der Waals surface area (Å²) in [5.41, 5.74) is 2.49. The lowest BCUT2D eigenvalue weighted by atomic mass is 9.68. The lowest BCUT2D eigenvalue weighted by molar-refractivity contribution is 0.250. The molecule has 1 aromatic rings. The second kappa shape index (κ2) is 5.54. The van der Waals surface area contributed by atoms with Crippen molar-refractivity contribution < 1.29 is 4.79 Å². The maximum Gasteiger partial charge on any atom is 0.235 e. The van der Waals surface area contributed by atoms with Crippen molar-refractivity contribution in [2.45, 2.75) is 63.3 Å².